The number of H-pyrrole nitrogens is 1. The molecule has 0 aliphatic heterocycles. The first-order chi connectivity index (χ1) is 12.2. The number of hydrogen-bond acceptors (Lipinski definition) is 4. The first-order valence-corrected chi connectivity index (χ1v) is 8.45. The van der Waals surface area contributed by atoms with Crippen molar-refractivity contribution in [1.29, 1.82) is 0 Å². The van der Waals surface area contributed by atoms with E-state index >= 15 is 0 Å². The Morgan fingerprint density at radius 3 is 2.27 bits per heavy atom. The van der Waals surface area contributed by atoms with Gasteiger partial charge in [0.25, 0.3) is 5.91 Å². The zero-order valence-electron chi connectivity index (χ0n) is 15.7. The number of nitrogens with one attached hydrogen (secondary N) is 2. The number of esters is 1. The van der Waals surface area contributed by atoms with Crippen LogP contribution in [0.4, 0.5) is 0 Å². The monoisotopic (exact) mass is 356 g/mol. The summed E-state index contributed by atoms with van der Waals surface area (Å²) < 4.78 is 5.24. The molecule has 2 N–H and O–H groups in total. The molecule has 0 bridgehead atoms. The van der Waals surface area contributed by atoms with Gasteiger partial charge in [0.05, 0.1) is 0 Å². The Balaban J connectivity index is 1.98. The maximum Gasteiger partial charge on any atom is 0.355 e. The molecule has 0 unspecified atom stereocenters. The maximum absolute atomic E-state index is 12.3. The van der Waals surface area contributed by atoms with Gasteiger partial charge in [-0.15, -0.1) is 0 Å². The van der Waals surface area contributed by atoms with Crippen molar-refractivity contribution in [3.63, 3.8) is 0 Å². The highest BCUT2D eigenvalue weighted by atomic mass is 16.5. The van der Waals surface area contributed by atoms with Crippen molar-refractivity contribution in [2.75, 3.05) is 0 Å². The van der Waals surface area contributed by atoms with Crippen LogP contribution in [0.25, 0.3) is 0 Å². The van der Waals surface area contributed by atoms with Gasteiger partial charge in [0, 0.05) is 17.8 Å². The van der Waals surface area contributed by atoms with Crippen LogP contribution >= 0.6 is 0 Å². The molecule has 1 aromatic heterocycles. The summed E-state index contributed by atoms with van der Waals surface area (Å²) in [6.07, 6.45) is -0.947. The Bertz CT molecular complexity index is 834. The molecule has 0 saturated heterocycles. The molecule has 0 radical (unpaired) electrons. The second-order valence-electron chi connectivity index (χ2n) is 6.43. The molecule has 0 saturated carbocycles. The molecule has 0 fully saturated rings. The number of carbonyl (C=O) groups is 3. The van der Waals surface area contributed by atoms with Crippen LogP contribution in [0.5, 0.6) is 0 Å². The minimum absolute atomic E-state index is 0.126. The van der Waals surface area contributed by atoms with Gasteiger partial charge in [0.1, 0.15) is 5.69 Å². The molecule has 0 aliphatic carbocycles. The van der Waals surface area contributed by atoms with Crippen LogP contribution in [-0.4, -0.2) is 28.7 Å². The Hall–Kier alpha value is -2.89. The zero-order chi connectivity index (χ0) is 19.4. The lowest BCUT2D eigenvalue weighted by atomic mass is 10.1. The van der Waals surface area contributed by atoms with Gasteiger partial charge in [0.2, 0.25) is 0 Å². The lowest BCUT2D eigenvalue weighted by Gasteiger charge is -2.13. The van der Waals surface area contributed by atoms with Crippen molar-refractivity contribution in [3.05, 3.63) is 57.9 Å². The van der Waals surface area contributed by atoms with E-state index in [4.69, 9.17) is 4.74 Å². The topological polar surface area (TPSA) is 88.3 Å². The van der Waals surface area contributed by atoms with Crippen LogP contribution in [0.15, 0.2) is 24.3 Å². The standard InChI is InChI=1S/C20H24N2O4/c1-11-6-8-16(9-7-11)10-21-19(24)15(5)26-20(25)18-12(2)17(14(4)23)13(3)22-18/h6-9,15,22H,10H2,1-5H3,(H,21,24)/t15-/m0/s1. The second kappa shape index (κ2) is 7.99. The molecule has 0 aliphatic rings. The Morgan fingerprint density at radius 1 is 1.12 bits per heavy atom. The van der Waals surface area contributed by atoms with E-state index in [-0.39, 0.29) is 17.4 Å². The van der Waals surface area contributed by atoms with Gasteiger partial charge in [-0.2, -0.15) is 0 Å². The van der Waals surface area contributed by atoms with Crippen LogP contribution < -0.4 is 5.32 Å². The van der Waals surface area contributed by atoms with Crippen molar-refractivity contribution < 1.29 is 19.1 Å². The number of amides is 1. The van der Waals surface area contributed by atoms with Crippen LogP contribution in [0, 0.1) is 20.8 Å². The minimum atomic E-state index is -0.947. The summed E-state index contributed by atoms with van der Waals surface area (Å²) in [4.78, 5) is 39.0. The third-order valence-corrected chi connectivity index (χ3v) is 4.23. The van der Waals surface area contributed by atoms with E-state index in [1.807, 2.05) is 31.2 Å². The van der Waals surface area contributed by atoms with Gasteiger partial charge in [-0.05, 0) is 45.7 Å². The van der Waals surface area contributed by atoms with Gasteiger partial charge in [-0.1, -0.05) is 29.8 Å². The van der Waals surface area contributed by atoms with Gasteiger partial charge in [-0.3, -0.25) is 9.59 Å². The van der Waals surface area contributed by atoms with Gasteiger partial charge < -0.3 is 15.0 Å². The number of carbonyl (C=O) groups excluding carboxylic acids is 3. The molecule has 1 aromatic carbocycles. The number of rotatable bonds is 6. The van der Waals surface area contributed by atoms with Crippen molar-refractivity contribution >= 4 is 17.7 Å². The van der Waals surface area contributed by atoms with E-state index in [0.717, 1.165) is 11.1 Å². The maximum atomic E-state index is 12.3. The summed E-state index contributed by atoms with van der Waals surface area (Å²) >= 11 is 0. The first-order valence-electron chi connectivity index (χ1n) is 8.45. The summed E-state index contributed by atoms with van der Waals surface area (Å²) in [7, 11) is 0. The number of ether oxygens (including phenoxy) is 1. The summed E-state index contributed by atoms with van der Waals surface area (Å²) in [5, 5.41) is 2.74. The molecule has 1 atom stereocenters. The molecule has 1 amide bonds. The zero-order valence-corrected chi connectivity index (χ0v) is 15.7. The Labute approximate surface area is 152 Å². The van der Waals surface area contributed by atoms with E-state index in [9.17, 15) is 14.4 Å². The number of aromatic amines is 1. The van der Waals surface area contributed by atoms with E-state index in [0.29, 0.717) is 23.4 Å². The lowest BCUT2D eigenvalue weighted by Crippen LogP contribution is -2.35. The van der Waals surface area contributed by atoms with Crippen molar-refractivity contribution in [3.8, 4) is 0 Å². The SMILES string of the molecule is CC(=O)c1c(C)[nH]c(C(=O)O[C@@H](C)C(=O)NCc2ccc(C)cc2)c1C. The number of ketones is 1. The minimum Gasteiger partial charge on any atom is -0.448 e. The summed E-state index contributed by atoms with van der Waals surface area (Å²) in [5.74, 6) is -1.16. The van der Waals surface area contributed by atoms with Gasteiger partial charge in [-0.25, -0.2) is 4.79 Å². The first kappa shape index (κ1) is 19.4. The third kappa shape index (κ3) is 4.39. The molecule has 1 heterocycles. The van der Waals surface area contributed by atoms with E-state index in [2.05, 4.69) is 10.3 Å². The summed E-state index contributed by atoms with van der Waals surface area (Å²) in [6.45, 7) is 8.71. The smallest absolute Gasteiger partial charge is 0.355 e. The Kier molecular flexibility index (Phi) is 5.97. The van der Waals surface area contributed by atoms with Crippen LogP contribution in [0.1, 0.15) is 57.1 Å². The van der Waals surface area contributed by atoms with E-state index < -0.39 is 12.1 Å². The highest BCUT2D eigenvalue weighted by Crippen LogP contribution is 2.19. The fraction of sp³-hybridized carbons (Fsp3) is 0.350. The number of aromatic nitrogens is 1. The normalized spacial score (nSPS) is 11.7. The predicted octanol–water partition coefficient (Wildman–Crippen LogP) is 3.00. The van der Waals surface area contributed by atoms with E-state index in [1.165, 1.54) is 13.8 Å². The van der Waals surface area contributed by atoms with Crippen LogP contribution in [-0.2, 0) is 16.1 Å². The predicted molar refractivity (Wildman–Crippen MR) is 98.2 cm³/mol. The molecule has 2 aromatic rings. The quantitative estimate of drug-likeness (QED) is 0.615. The van der Waals surface area contributed by atoms with Crippen molar-refractivity contribution in [1.82, 2.24) is 10.3 Å². The molecule has 6 heteroatoms. The van der Waals surface area contributed by atoms with Crippen molar-refractivity contribution in [2.24, 2.45) is 0 Å². The fourth-order valence-electron chi connectivity index (χ4n) is 2.79. The average molecular weight is 356 g/mol. The number of aryl methyl sites for hydroxylation is 2. The molecular formula is C20H24N2O4. The average Bonchev–Trinajstić information content (AvgIpc) is 2.88. The highest BCUT2D eigenvalue weighted by Gasteiger charge is 2.24. The molecule has 0 spiro atoms. The van der Waals surface area contributed by atoms with Crippen molar-refractivity contribution in [2.45, 2.75) is 47.3 Å². The molecular weight excluding hydrogens is 332 g/mol. The molecule has 2 rings (SSSR count). The molecule has 6 nitrogen and oxygen atoms in total. The largest absolute Gasteiger partial charge is 0.448 e. The molecule has 138 valence electrons. The highest BCUT2D eigenvalue weighted by molar-refractivity contribution is 6.01. The third-order valence-electron chi connectivity index (χ3n) is 4.23. The van der Waals surface area contributed by atoms with Gasteiger partial charge in [0.15, 0.2) is 11.9 Å². The number of hydrogen-bond donors (Lipinski definition) is 2. The summed E-state index contributed by atoms with van der Waals surface area (Å²) in [6, 6.07) is 7.79. The van der Waals surface area contributed by atoms with Crippen LogP contribution in [0.2, 0.25) is 0 Å². The fourth-order valence-corrected chi connectivity index (χ4v) is 2.79. The van der Waals surface area contributed by atoms with Gasteiger partial charge >= 0.3 is 5.97 Å². The number of benzene rings is 1. The number of Topliss-reactive ketones (excluding diaryl/α,β-unsaturated/α-hetero) is 1. The second-order valence-corrected chi connectivity index (χ2v) is 6.43. The summed E-state index contributed by atoms with van der Waals surface area (Å²) in [5.41, 5.74) is 3.93. The lowest BCUT2D eigenvalue weighted by molar-refractivity contribution is -0.129. The van der Waals surface area contributed by atoms with Crippen LogP contribution in [0.3, 0.4) is 0 Å². The van der Waals surface area contributed by atoms with E-state index in [1.54, 1.807) is 13.8 Å². The Morgan fingerprint density at radius 2 is 1.73 bits per heavy atom. The molecule has 26 heavy (non-hydrogen) atoms.